The zero-order chi connectivity index (χ0) is 16.1. The van der Waals surface area contributed by atoms with Gasteiger partial charge >= 0.3 is 5.97 Å². The van der Waals surface area contributed by atoms with Gasteiger partial charge < -0.3 is 4.74 Å². The maximum absolute atomic E-state index is 12.6. The first kappa shape index (κ1) is 16.1. The molecule has 0 N–H and O–H groups in total. The van der Waals surface area contributed by atoms with Crippen molar-refractivity contribution in [2.24, 2.45) is 0 Å². The van der Waals surface area contributed by atoms with Crippen LogP contribution in [0.4, 0.5) is 0 Å². The van der Waals surface area contributed by atoms with Crippen molar-refractivity contribution in [3.05, 3.63) is 46.7 Å². The van der Waals surface area contributed by atoms with E-state index in [-0.39, 0.29) is 17.3 Å². The normalized spacial score (nSPS) is 14.1. The number of unbranched alkanes of at least 4 members (excludes halogenated alkanes) is 3. The molecule has 1 aliphatic carbocycles. The summed E-state index contributed by atoms with van der Waals surface area (Å²) >= 11 is 0. The molecule has 0 aliphatic heterocycles. The Morgan fingerprint density at radius 1 is 1.00 bits per heavy atom. The molecule has 0 amide bonds. The number of carbonyl (C=O) groups excluding carboxylic acids is 3. The lowest BCUT2D eigenvalue weighted by molar-refractivity contribution is -0.136. The van der Waals surface area contributed by atoms with Gasteiger partial charge in [0.15, 0.2) is 11.5 Å². The number of benzene rings is 1. The largest absolute Gasteiger partial charge is 0.422 e. The summed E-state index contributed by atoms with van der Waals surface area (Å²) in [6.07, 6.45) is 4.41. The van der Waals surface area contributed by atoms with Gasteiger partial charge in [0.2, 0.25) is 5.78 Å². The third-order valence-corrected chi connectivity index (χ3v) is 3.70. The molecule has 0 bridgehead atoms. The number of rotatable bonds is 6. The number of hydrogen-bond donors (Lipinski definition) is 0. The molecule has 2 rings (SSSR count). The average molecular weight is 300 g/mol. The number of ketones is 2. The molecule has 1 aromatic carbocycles. The van der Waals surface area contributed by atoms with Crippen LogP contribution in [0.3, 0.4) is 0 Å². The number of allylic oxidation sites excluding steroid dienone is 2. The second kappa shape index (κ2) is 7.16. The van der Waals surface area contributed by atoms with Gasteiger partial charge in [-0.05, 0) is 12.8 Å². The van der Waals surface area contributed by atoms with E-state index in [1.165, 1.54) is 6.92 Å². The van der Waals surface area contributed by atoms with Crippen molar-refractivity contribution >= 4 is 17.5 Å². The van der Waals surface area contributed by atoms with Crippen LogP contribution in [0.5, 0.6) is 0 Å². The fourth-order valence-electron chi connectivity index (χ4n) is 2.61. The standard InChI is InChI=1S/C18H20O4/c1-3-4-5-6-11-15-16(20)13-9-7-8-10-14(13)17(21)18(15)22-12(2)19/h7-10H,3-6,11H2,1-2H3. The summed E-state index contributed by atoms with van der Waals surface area (Å²) in [5.41, 5.74) is 1.03. The first-order valence-corrected chi connectivity index (χ1v) is 7.66. The number of ether oxygens (including phenoxy) is 1. The van der Waals surface area contributed by atoms with E-state index in [0.717, 1.165) is 25.7 Å². The van der Waals surface area contributed by atoms with Crippen LogP contribution in [0.25, 0.3) is 0 Å². The molecule has 1 aromatic rings. The van der Waals surface area contributed by atoms with Crippen molar-refractivity contribution in [1.82, 2.24) is 0 Å². The molecule has 116 valence electrons. The van der Waals surface area contributed by atoms with E-state index in [0.29, 0.717) is 23.1 Å². The van der Waals surface area contributed by atoms with Gasteiger partial charge in [-0.1, -0.05) is 50.5 Å². The van der Waals surface area contributed by atoms with Crippen LogP contribution in [-0.2, 0) is 9.53 Å². The van der Waals surface area contributed by atoms with Crippen LogP contribution in [0.15, 0.2) is 35.6 Å². The number of carbonyl (C=O) groups is 3. The second-order valence-electron chi connectivity index (χ2n) is 5.42. The molecule has 1 aliphatic rings. The fourth-order valence-corrected chi connectivity index (χ4v) is 2.61. The van der Waals surface area contributed by atoms with E-state index >= 15 is 0 Å². The van der Waals surface area contributed by atoms with E-state index < -0.39 is 5.97 Å². The maximum atomic E-state index is 12.6. The highest BCUT2D eigenvalue weighted by Gasteiger charge is 2.33. The third-order valence-electron chi connectivity index (χ3n) is 3.70. The second-order valence-corrected chi connectivity index (χ2v) is 5.42. The Bertz CT molecular complexity index is 640. The number of hydrogen-bond acceptors (Lipinski definition) is 4. The summed E-state index contributed by atoms with van der Waals surface area (Å²) in [6.45, 7) is 3.34. The molecule has 22 heavy (non-hydrogen) atoms. The minimum Gasteiger partial charge on any atom is -0.422 e. The van der Waals surface area contributed by atoms with Crippen molar-refractivity contribution in [2.75, 3.05) is 0 Å². The van der Waals surface area contributed by atoms with Crippen molar-refractivity contribution < 1.29 is 19.1 Å². The Hall–Kier alpha value is -2.23. The summed E-state index contributed by atoms with van der Waals surface area (Å²) < 4.78 is 5.07. The summed E-state index contributed by atoms with van der Waals surface area (Å²) in [6, 6.07) is 6.66. The Balaban J connectivity index is 2.35. The van der Waals surface area contributed by atoms with E-state index in [1.54, 1.807) is 24.3 Å². The van der Waals surface area contributed by atoms with E-state index in [2.05, 4.69) is 6.92 Å². The van der Waals surface area contributed by atoms with Crippen LogP contribution in [0.1, 0.15) is 66.7 Å². The Labute approximate surface area is 130 Å². The molecule has 0 saturated heterocycles. The number of esters is 1. The Kier molecular flexibility index (Phi) is 5.26. The van der Waals surface area contributed by atoms with Gasteiger partial charge in [-0.2, -0.15) is 0 Å². The Morgan fingerprint density at radius 3 is 2.23 bits per heavy atom. The quantitative estimate of drug-likeness (QED) is 0.591. The van der Waals surface area contributed by atoms with Crippen LogP contribution >= 0.6 is 0 Å². The molecule has 0 heterocycles. The molecule has 4 nitrogen and oxygen atoms in total. The van der Waals surface area contributed by atoms with Gasteiger partial charge in [0.25, 0.3) is 0 Å². The summed E-state index contributed by atoms with van der Waals surface area (Å²) in [7, 11) is 0. The molecule has 0 atom stereocenters. The van der Waals surface area contributed by atoms with Gasteiger partial charge in [0.05, 0.1) is 0 Å². The molecule has 0 spiro atoms. The molecule has 0 unspecified atom stereocenters. The van der Waals surface area contributed by atoms with Crippen LogP contribution in [0.2, 0.25) is 0 Å². The predicted molar refractivity (Wildman–Crippen MR) is 82.7 cm³/mol. The third kappa shape index (κ3) is 3.32. The van der Waals surface area contributed by atoms with Crippen molar-refractivity contribution in [2.45, 2.75) is 46.0 Å². The zero-order valence-electron chi connectivity index (χ0n) is 13.0. The van der Waals surface area contributed by atoms with Crippen molar-refractivity contribution in [3.8, 4) is 0 Å². The molecule has 4 heteroatoms. The average Bonchev–Trinajstić information content (AvgIpc) is 2.51. The van der Waals surface area contributed by atoms with Crippen LogP contribution in [-0.4, -0.2) is 17.5 Å². The summed E-state index contributed by atoms with van der Waals surface area (Å²) in [5, 5.41) is 0. The smallest absolute Gasteiger partial charge is 0.308 e. The van der Waals surface area contributed by atoms with E-state index in [4.69, 9.17) is 4.74 Å². The van der Waals surface area contributed by atoms with Crippen LogP contribution in [0, 0.1) is 0 Å². The van der Waals surface area contributed by atoms with Gasteiger partial charge in [-0.3, -0.25) is 14.4 Å². The lowest BCUT2D eigenvalue weighted by Crippen LogP contribution is -2.24. The monoisotopic (exact) mass is 300 g/mol. The van der Waals surface area contributed by atoms with Gasteiger partial charge in [-0.15, -0.1) is 0 Å². The van der Waals surface area contributed by atoms with Crippen molar-refractivity contribution in [1.29, 1.82) is 0 Å². The molecule has 0 fully saturated rings. The van der Waals surface area contributed by atoms with Gasteiger partial charge in [0, 0.05) is 23.6 Å². The van der Waals surface area contributed by atoms with Gasteiger partial charge in [-0.25, -0.2) is 0 Å². The highest BCUT2D eigenvalue weighted by Crippen LogP contribution is 2.30. The maximum Gasteiger partial charge on any atom is 0.308 e. The fraction of sp³-hybridized carbons (Fsp3) is 0.389. The Morgan fingerprint density at radius 2 is 1.64 bits per heavy atom. The first-order chi connectivity index (χ1) is 10.6. The minimum atomic E-state index is -0.582. The first-order valence-electron chi connectivity index (χ1n) is 7.66. The molecular weight excluding hydrogens is 280 g/mol. The van der Waals surface area contributed by atoms with E-state index in [1.807, 2.05) is 0 Å². The zero-order valence-corrected chi connectivity index (χ0v) is 13.0. The topological polar surface area (TPSA) is 60.4 Å². The molecule has 0 saturated carbocycles. The highest BCUT2D eigenvalue weighted by molar-refractivity contribution is 6.26. The van der Waals surface area contributed by atoms with Gasteiger partial charge in [0.1, 0.15) is 0 Å². The number of fused-ring (bicyclic) bond motifs is 1. The lowest BCUT2D eigenvalue weighted by atomic mass is 9.86. The lowest BCUT2D eigenvalue weighted by Gasteiger charge is -2.20. The minimum absolute atomic E-state index is 0.0901. The number of Topliss-reactive ketones (excluding diaryl/α,β-unsaturated/α-hetero) is 2. The summed E-state index contributed by atoms with van der Waals surface area (Å²) in [5.74, 6) is -1.26. The van der Waals surface area contributed by atoms with Crippen LogP contribution < -0.4 is 0 Å². The molecule has 0 aromatic heterocycles. The summed E-state index contributed by atoms with van der Waals surface area (Å²) in [4.78, 5) is 36.4. The predicted octanol–water partition coefficient (Wildman–Crippen LogP) is 3.85. The molecular formula is C18H20O4. The molecule has 0 radical (unpaired) electrons. The van der Waals surface area contributed by atoms with E-state index in [9.17, 15) is 14.4 Å². The van der Waals surface area contributed by atoms with Crippen molar-refractivity contribution in [3.63, 3.8) is 0 Å². The SMILES string of the molecule is CCCCCCC1=C(OC(C)=O)C(=O)c2ccccc2C1=O. The highest BCUT2D eigenvalue weighted by atomic mass is 16.5.